The first-order valence-corrected chi connectivity index (χ1v) is 11.6. The van der Waals surface area contributed by atoms with Crippen molar-refractivity contribution >= 4 is 49.5 Å². The van der Waals surface area contributed by atoms with Gasteiger partial charge in [0.15, 0.2) is 5.69 Å². The molecule has 158 valence electrons. The molecule has 0 aliphatic heterocycles. The van der Waals surface area contributed by atoms with Crippen LogP contribution in [0.3, 0.4) is 0 Å². The van der Waals surface area contributed by atoms with E-state index >= 15 is 0 Å². The Morgan fingerprint density at radius 2 is 1.87 bits per heavy atom. The van der Waals surface area contributed by atoms with Crippen LogP contribution in [0.1, 0.15) is 21.5 Å². The number of rotatable bonds is 5. The molecule has 8 nitrogen and oxygen atoms in total. The van der Waals surface area contributed by atoms with Gasteiger partial charge in [0.2, 0.25) is 5.88 Å². The van der Waals surface area contributed by atoms with Gasteiger partial charge in [-0.2, -0.15) is 0 Å². The molecular formula is C21H18N4O4S2. The summed E-state index contributed by atoms with van der Waals surface area (Å²) in [5, 5.41) is 20.2. The number of sulfonamides is 1. The molecule has 3 N–H and O–H groups in total. The lowest BCUT2D eigenvalue weighted by atomic mass is 10.1. The van der Waals surface area contributed by atoms with Crippen LogP contribution in [0.25, 0.3) is 10.9 Å². The Bertz CT molecular complexity index is 1400. The smallest absolute Gasteiger partial charge is 0.295 e. The van der Waals surface area contributed by atoms with Crippen LogP contribution in [0.15, 0.2) is 68.3 Å². The Morgan fingerprint density at radius 3 is 2.55 bits per heavy atom. The highest BCUT2D eigenvalue weighted by Crippen LogP contribution is 2.38. The van der Waals surface area contributed by atoms with Gasteiger partial charge in [0, 0.05) is 16.6 Å². The molecule has 0 unspecified atom stereocenters. The fourth-order valence-electron chi connectivity index (χ4n) is 3.24. The number of aromatic nitrogens is 1. The molecule has 0 bridgehead atoms. The number of carbonyl (C=O) groups is 1. The largest absolute Gasteiger partial charge is 0.493 e. The van der Waals surface area contributed by atoms with Crippen molar-refractivity contribution in [2.24, 2.45) is 10.2 Å². The van der Waals surface area contributed by atoms with Gasteiger partial charge in [-0.25, -0.2) is 8.42 Å². The number of aryl methyl sites for hydroxylation is 2. The molecule has 2 aromatic carbocycles. The van der Waals surface area contributed by atoms with E-state index in [1.807, 2.05) is 26.0 Å². The topological polar surface area (TPSA) is 124 Å². The van der Waals surface area contributed by atoms with Crippen LogP contribution in [0.5, 0.6) is 5.88 Å². The van der Waals surface area contributed by atoms with Crippen molar-refractivity contribution in [1.29, 1.82) is 0 Å². The molecule has 0 fully saturated rings. The van der Waals surface area contributed by atoms with Gasteiger partial charge in [-0.3, -0.25) is 9.52 Å². The molecule has 2 aromatic heterocycles. The summed E-state index contributed by atoms with van der Waals surface area (Å²) < 4.78 is 27.2. The van der Waals surface area contributed by atoms with Crippen LogP contribution in [-0.4, -0.2) is 24.4 Å². The number of thiophene rings is 1. The Morgan fingerprint density at radius 1 is 1.13 bits per heavy atom. The number of amides is 1. The first-order valence-electron chi connectivity index (χ1n) is 9.19. The summed E-state index contributed by atoms with van der Waals surface area (Å²) in [5.41, 5.74) is 3.38. The van der Waals surface area contributed by atoms with E-state index in [0.717, 1.165) is 22.5 Å². The van der Waals surface area contributed by atoms with Crippen molar-refractivity contribution in [3.63, 3.8) is 0 Å². The number of nitrogens with zero attached hydrogens (tertiary/aromatic N) is 2. The maximum atomic E-state index is 12.4. The number of nitrogens with one attached hydrogen (secondary N) is 2. The number of benzene rings is 2. The standard InChI is InChI=1S/C21H18N4O4S2/c1-12-10-13(2)18-16(11-12)22-21(27)19(18)23-24-20(26)14-5-7-15(8-6-14)25-31(28,29)17-4-3-9-30-17/h3-11,22,25,27H,1-2H3. The van der Waals surface area contributed by atoms with Crippen LogP contribution in [0.2, 0.25) is 0 Å². The second kappa shape index (κ2) is 7.97. The molecule has 4 rings (SSSR count). The number of hydrogen-bond donors (Lipinski definition) is 3. The number of aromatic hydroxyl groups is 1. The van der Waals surface area contributed by atoms with Crippen LogP contribution < -0.4 is 4.72 Å². The molecule has 0 aliphatic rings. The Kier molecular flexibility index (Phi) is 5.34. The fourth-order valence-corrected chi connectivity index (χ4v) is 5.29. The summed E-state index contributed by atoms with van der Waals surface area (Å²) in [7, 11) is -3.67. The van der Waals surface area contributed by atoms with Gasteiger partial charge in [-0.05, 0) is 66.8 Å². The van der Waals surface area contributed by atoms with Crippen LogP contribution in [-0.2, 0) is 10.0 Å². The number of anilines is 1. The quantitative estimate of drug-likeness (QED) is 0.355. The molecule has 31 heavy (non-hydrogen) atoms. The van der Waals surface area contributed by atoms with E-state index in [0.29, 0.717) is 16.6 Å². The molecule has 10 heteroatoms. The van der Waals surface area contributed by atoms with Crippen molar-refractivity contribution in [1.82, 2.24) is 4.98 Å². The van der Waals surface area contributed by atoms with Gasteiger partial charge in [0.05, 0.1) is 5.52 Å². The van der Waals surface area contributed by atoms with Gasteiger partial charge in [-0.1, -0.05) is 12.1 Å². The van der Waals surface area contributed by atoms with E-state index in [1.54, 1.807) is 11.4 Å². The minimum atomic E-state index is -3.67. The molecule has 1 amide bonds. The fraction of sp³-hybridized carbons (Fsp3) is 0.0952. The van der Waals surface area contributed by atoms with Gasteiger partial charge < -0.3 is 10.1 Å². The van der Waals surface area contributed by atoms with E-state index in [1.165, 1.54) is 30.3 Å². The number of fused-ring (bicyclic) bond motifs is 1. The van der Waals surface area contributed by atoms with Gasteiger partial charge >= 0.3 is 0 Å². The average molecular weight is 455 g/mol. The summed E-state index contributed by atoms with van der Waals surface area (Å²) in [6.07, 6.45) is 0. The average Bonchev–Trinajstić information content (AvgIpc) is 3.35. The first kappa shape index (κ1) is 20.8. The first-order chi connectivity index (χ1) is 14.7. The lowest BCUT2D eigenvalue weighted by Crippen LogP contribution is -2.11. The summed E-state index contributed by atoms with van der Waals surface area (Å²) in [4.78, 5) is 15.3. The Labute approximate surface area is 182 Å². The molecule has 0 aliphatic carbocycles. The highest BCUT2D eigenvalue weighted by atomic mass is 32.2. The predicted octanol–water partition coefficient (Wildman–Crippen LogP) is 5.28. The molecule has 0 saturated heterocycles. The van der Waals surface area contributed by atoms with Crippen LogP contribution in [0, 0.1) is 13.8 Å². The third-order valence-electron chi connectivity index (χ3n) is 4.58. The second-order valence-electron chi connectivity index (χ2n) is 6.95. The number of hydrogen-bond acceptors (Lipinski definition) is 6. The Balaban J connectivity index is 1.54. The minimum Gasteiger partial charge on any atom is -0.493 e. The number of H-pyrrole nitrogens is 1. The number of azo groups is 1. The molecule has 0 spiro atoms. The summed E-state index contributed by atoms with van der Waals surface area (Å²) in [5.74, 6) is -0.787. The predicted molar refractivity (Wildman–Crippen MR) is 120 cm³/mol. The summed E-state index contributed by atoms with van der Waals surface area (Å²) >= 11 is 1.11. The van der Waals surface area contributed by atoms with Gasteiger partial charge in [0.1, 0.15) is 4.21 Å². The molecule has 0 radical (unpaired) electrons. The molecule has 2 heterocycles. The lowest BCUT2D eigenvalue weighted by molar-refractivity contribution is 0.0995. The minimum absolute atomic E-state index is 0.168. The molecule has 0 saturated carbocycles. The molecule has 4 aromatic rings. The monoisotopic (exact) mass is 454 g/mol. The summed E-state index contributed by atoms with van der Waals surface area (Å²) in [6.45, 7) is 3.83. The van der Waals surface area contributed by atoms with Gasteiger partial charge in [-0.15, -0.1) is 21.6 Å². The van der Waals surface area contributed by atoms with Crippen LogP contribution in [0.4, 0.5) is 11.4 Å². The second-order valence-corrected chi connectivity index (χ2v) is 9.80. The van der Waals surface area contributed by atoms with Crippen molar-refractivity contribution in [3.8, 4) is 5.88 Å². The van der Waals surface area contributed by atoms with E-state index in [4.69, 9.17) is 0 Å². The zero-order chi connectivity index (χ0) is 22.2. The lowest BCUT2D eigenvalue weighted by Gasteiger charge is -2.06. The van der Waals surface area contributed by atoms with Gasteiger partial charge in [0.25, 0.3) is 15.9 Å². The van der Waals surface area contributed by atoms with E-state index in [9.17, 15) is 18.3 Å². The number of aromatic amines is 1. The van der Waals surface area contributed by atoms with Crippen molar-refractivity contribution < 1.29 is 18.3 Å². The maximum absolute atomic E-state index is 12.4. The highest BCUT2D eigenvalue weighted by molar-refractivity contribution is 7.94. The summed E-state index contributed by atoms with van der Waals surface area (Å²) in [6, 6.07) is 12.8. The van der Waals surface area contributed by atoms with Crippen molar-refractivity contribution in [3.05, 3.63) is 70.6 Å². The molecule has 0 atom stereocenters. The zero-order valence-corrected chi connectivity index (χ0v) is 18.2. The highest BCUT2D eigenvalue weighted by Gasteiger charge is 2.16. The maximum Gasteiger partial charge on any atom is 0.295 e. The van der Waals surface area contributed by atoms with E-state index in [2.05, 4.69) is 19.9 Å². The number of carbonyl (C=O) groups excluding carboxylic acids is 1. The molecular weight excluding hydrogens is 436 g/mol. The van der Waals surface area contributed by atoms with Crippen molar-refractivity contribution in [2.75, 3.05) is 4.72 Å². The SMILES string of the molecule is Cc1cc(C)c2c(N=NC(=O)c3ccc(NS(=O)(=O)c4cccs4)cc3)c(O)[nH]c2c1. The van der Waals surface area contributed by atoms with Crippen LogP contribution >= 0.6 is 11.3 Å². The third-order valence-corrected chi connectivity index (χ3v) is 7.36. The zero-order valence-electron chi connectivity index (χ0n) is 16.6. The van der Waals surface area contributed by atoms with E-state index < -0.39 is 15.9 Å². The van der Waals surface area contributed by atoms with Crippen molar-refractivity contribution in [2.45, 2.75) is 18.1 Å². The van der Waals surface area contributed by atoms with E-state index in [-0.39, 0.29) is 21.3 Å². The normalized spacial score (nSPS) is 11.9. The third kappa shape index (κ3) is 4.21. The Hall–Kier alpha value is -3.50.